The average molecular weight is 529 g/mol. The van der Waals surface area contributed by atoms with Crippen LogP contribution in [0.2, 0.25) is 0 Å². The van der Waals surface area contributed by atoms with Crippen molar-refractivity contribution in [2.24, 2.45) is 0 Å². The maximum atomic E-state index is 13.3. The quantitative estimate of drug-likeness (QED) is 0.303. The number of nitriles is 1. The lowest BCUT2D eigenvalue weighted by Gasteiger charge is -2.35. The molecule has 3 aromatic carbocycles. The smallest absolute Gasteiger partial charge is 0.303 e. The molecule has 0 atom stereocenters. The Morgan fingerprint density at radius 2 is 1.42 bits per heavy atom. The van der Waals surface area contributed by atoms with Crippen molar-refractivity contribution in [2.45, 2.75) is 44.1 Å². The summed E-state index contributed by atoms with van der Waals surface area (Å²) in [6.07, 6.45) is 2.62. The second-order valence-corrected chi connectivity index (χ2v) is 9.80. The number of halogens is 1. The van der Waals surface area contributed by atoms with Crippen LogP contribution in [0.15, 0.2) is 89.7 Å². The van der Waals surface area contributed by atoms with Gasteiger partial charge in [-0.25, -0.2) is 9.36 Å². The monoisotopic (exact) mass is 528 g/mol. The third-order valence-electron chi connectivity index (χ3n) is 7.78. The van der Waals surface area contributed by atoms with Gasteiger partial charge >= 0.3 is 5.69 Å². The Kier molecular flexibility index (Phi) is 8.51. The number of fused-ring (bicyclic) bond motifs is 1. The van der Waals surface area contributed by atoms with Crippen LogP contribution in [0.25, 0.3) is 11.0 Å². The molecule has 7 heteroatoms. The van der Waals surface area contributed by atoms with Gasteiger partial charge in [-0.3, -0.25) is 9.36 Å². The Hall–Kier alpha value is -3.66. The van der Waals surface area contributed by atoms with Gasteiger partial charge in [-0.05, 0) is 42.5 Å². The minimum atomic E-state index is -0.718. The predicted molar refractivity (Wildman–Crippen MR) is 153 cm³/mol. The summed E-state index contributed by atoms with van der Waals surface area (Å²) >= 11 is 0. The number of carbonyl (C=O) groups excluding carboxylic acids is 1. The molecule has 4 aromatic rings. The largest absolute Gasteiger partial charge is 0.336 e. The first-order chi connectivity index (χ1) is 18.1. The first-order valence-corrected chi connectivity index (χ1v) is 13.1. The van der Waals surface area contributed by atoms with Crippen LogP contribution in [0.1, 0.15) is 54.6 Å². The van der Waals surface area contributed by atoms with Crippen molar-refractivity contribution in [1.82, 2.24) is 14.0 Å². The molecular weight excluding hydrogens is 496 g/mol. The van der Waals surface area contributed by atoms with E-state index >= 15 is 0 Å². The summed E-state index contributed by atoms with van der Waals surface area (Å²) < 4.78 is 3.16. The maximum Gasteiger partial charge on any atom is 0.336 e. The van der Waals surface area contributed by atoms with E-state index < -0.39 is 5.41 Å². The van der Waals surface area contributed by atoms with Crippen LogP contribution >= 0.6 is 12.4 Å². The van der Waals surface area contributed by atoms with E-state index in [-0.39, 0.29) is 36.5 Å². The van der Waals surface area contributed by atoms with Gasteiger partial charge in [-0.15, -0.1) is 12.4 Å². The third-order valence-corrected chi connectivity index (χ3v) is 7.78. The van der Waals surface area contributed by atoms with Gasteiger partial charge in [0.15, 0.2) is 0 Å². The van der Waals surface area contributed by atoms with Crippen LogP contribution < -0.4 is 5.69 Å². The highest BCUT2D eigenvalue weighted by Gasteiger charge is 2.35. The molecule has 0 unspecified atom stereocenters. The van der Waals surface area contributed by atoms with Crippen LogP contribution in [0.3, 0.4) is 0 Å². The number of para-hydroxylation sites is 2. The van der Waals surface area contributed by atoms with Crippen molar-refractivity contribution in [3.63, 3.8) is 0 Å². The number of imidazole rings is 1. The second kappa shape index (κ2) is 11.8. The molecule has 0 N–H and O–H groups in total. The average Bonchev–Trinajstić information content (AvgIpc) is 3.26. The Balaban J connectivity index is 0.00000336. The summed E-state index contributed by atoms with van der Waals surface area (Å²) in [7, 11) is 0. The fraction of sp³-hybridized carbons (Fsp3) is 0.323. The van der Waals surface area contributed by atoms with E-state index in [0.29, 0.717) is 11.9 Å². The zero-order valence-electron chi connectivity index (χ0n) is 21.6. The minimum Gasteiger partial charge on any atom is -0.303 e. The Bertz CT molecular complexity index is 1440. The van der Waals surface area contributed by atoms with E-state index in [2.05, 4.69) is 11.0 Å². The SMILES string of the molecule is CCC(=O)n1c(=O)n(C2CCN(CCC(C#N)(c3ccccc3)c3ccccc3)CC2)c2ccccc21.Cl. The van der Waals surface area contributed by atoms with E-state index in [1.54, 1.807) is 6.92 Å². The number of aromatic nitrogens is 2. The summed E-state index contributed by atoms with van der Waals surface area (Å²) in [5.74, 6) is -0.174. The topological polar surface area (TPSA) is 71.0 Å². The first kappa shape index (κ1) is 27.4. The predicted octanol–water partition coefficient (Wildman–Crippen LogP) is 5.81. The molecule has 0 spiro atoms. The fourth-order valence-electron chi connectivity index (χ4n) is 5.74. The zero-order valence-corrected chi connectivity index (χ0v) is 22.4. The lowest BCUT2D eigenvalue weighted by Crippen LogP contribution is -2.40. The molecule has 5 rings (SSSR count). The van der Waals surface area contributed by atoms with Crippen LogP contribution in [0.4, 0.5) is 0 Å². The van der Waals surface area contributed by atoms with Gasteiger partial charge in [0.25, 0.3) is 0 Å². The third kappa shape index (κ3) is 4.92. The van der Waals surface area contributed by atoms with E-state index in [4.69, 9.17) is 0 Å². The van der Waals surface area contributed by atoms with Crippen molar-refractivity contribution in [2.75, 3.05) is 19.6 Å². The number of hydrogen-bond acceptors (Lipinski definition) is 4. The number of carbonyl (C=O) groups is 1. The summed E-state index contributed by atoms with van der Waals surface area (Å²) in [5.41, 5.74) is 2.58. The standard InChI is InChI=1S/C31H32N4O2.ClH/c1-2-29(36)35-28-16-10-9-15-27(28)34(30(35)37)26-17-20-33(21-18-26)22-19-31(23-32,24-11-5-3-6-12-24)25-13-7-4-8-14-25;/h3-16,26H,2,17-22H2,1H3;1H. The van der Waals surface area contributed by atoms with Crippen LogP contribution in [0, 0.1) is 11.3 Å². The van der Waals surface area contributed by atoms with E-state index in [9.17, 15) is 14.9 Å². The van der Waals surface area contributed by atoms with Gasteiger partial charge in [0.05, 0.1) is 17.1 Å². The number of likely N-dealkylation sites (tertiary alicyclic amines) is 1. The summed E-state index contributed by atoms with van der Waals surface area (Å²) in [6, 6.07) is 30.4. The van der Waals surface area contributed by atoms with Gasteiger partial charge in [0.2, 0.25) is 5.91 Å². The molecule has 1 saturated heterocycles. The van der Waals surface area contributed by atoms with Crippen molar-refractivity contribution in [3.8, 4) is 6.07 Å². The number of rotatable bonds is 7. The zero-order chi connectivity index (χ0) is 25.8. The second-order valence-electron chi connectivity index (χ2n) is 9.80. The fourth-order valence-corrected chi connectivity index (χ4v) is 5.74. The van der Waals surface area contributed by atoms with Crippen molar-refractivity contribution >= 4 is 29.3 Å². The van der Waals surface area contributed by atoms with Gasteiger partial charge in [0.1, 0.15) is 5.41 Å². The highest BCUT2D eigenvalue weighted by atomic mass is 35.5. The van der Waals surface area contributed by atoms with Gasteiger partial charge in [-0.1, -0.05) is 79.7 Å². The lowest BCUT2D eigenvalue weighted by molar-refractivity contribution is 0.0907. The van der Waals surface area contributed by atoms with Crippen molar-refractivity contribution in [1.29, 1.82) is 5.26 Å². The number of nitrogens with zero attached hydrogens (tertiary/aromatic N) is 4. The van der Waals surface area contributed by atoms with E-state index in [1.807, 2.05) is 89.5 Å². The Morgan fingerprint density at radius 1 is 0.895 bits per heavy atom. The van der Waals surface area contributed by atoms with Crippen LogP contribution in [-0.2, 0) is 5.41 Å². The molecular formula is C31H33ClN4O2. The Labute approximate surface area is 229 Å². The number of benzene rings is 3. The van der Waals surface area contributed by atoms with Crippen molar-refractivity contribution in [3.05, 3.63) is 107 Å². The van der Waals surface area contributed by atoms with E-state index in [1.165, 1.54) is 4.57 Å². The molecule has 1 aromatic heterocycles. The maximum absolute atomic E-state index is 13.3. The number of hydrogen-bond donors (Lipinski definition) is 0. The highest BCUT2D eigenvalue weighted by Crippen LogP contribution is 2.36. The molecule has 196 valence electrons. The molecule has 0 saturated carbocycles. The molecule has 2 heterocycles. The molecule has 38 heavy (non-hydrogen) atoms. The lowest BCUT2D eigenvalue weighted by atomic mass is 9.73. The first-order valence-electron chi connectivity index (χ1n) is 13.1. The molecule has 6 nitrogen and oxygen atoms in total. The molecule has 0 aliphatic carbocycles. The summed E-state index contributed by atoms with van der Waals surface area (Å²) in [6.45, 7) is 4.24. The summed E-state index contributed by atoms with van der Waals surface area (Å²) in [4.78, 5) is 28.3. The molecule has 0 radical (unpaired) electrons. The van der Waals surface area contributed by atoms with E-state index in [0.717, 1.165) is 49.1 Å². The van der Waals surface area contributed by atoms with Crippen molar-refractivity contribution < 1.29 is 4.79 Å². The molecule has 0 bridgehead atoms. The normalized spacial score (nSPS) is 14.6. The highest BCUT2D eigenvalue weighted by molar-refractivity contribution is 5.90. The molecule has 0 amide bonds. The molecule has 1 aliphatic heterocycles. The van der Waals surface area contributed by atoms with Crippen LogP contribution in [0.5, 0.6) is 0 Å². The Morgan fingerprint density at radius 3 is 1.95 bits per heavy atom. The molecule has 1 aliphatic rings. The minimum absolute atomic E-state index is 0. The van der Waals surface area contributed by atoms with Gasteiger partial charge in [-0.2, -0.15) is 5.26 Å². The van der Waals surface area contributed by atoms with Gasteiger partial charge in [0, 0.05) is 32.1 Å². The van der Waals surface area contributed by atoms with Crippen LogP contribution in [-0.4, -0.2) is 39.6 Å². The summed E-state index contributed by atoms with van der Waals surface area (Å²) in [5, 5.41) is 10.5. The van der Waals surface area contributed by atoms with Gasteiger partial charge < -0.3 is 4.90 Å². The molecule has 1 fully saturated rings. The number of piperidine rings is 1.